The monoisotopic (exact) mass is 214 g/mol. The van der Waals surface area contributed by atoms with Crippen LogP contribution in [0.15, 0.2) is 24.3 Å². The van der Waals surface area contributed by atoms with Gasteiger partial charge in [-0.3, -0.25) is 4.90 Å². The van der Waals surface area contributed by atoms with Crippen LogP contribution >= 0.6 is 0 Å². The van der Waals surface area contributed by atoms with Crippen molar-refractivity contribution in [3.05, 3.63) is 35.4 Å². The Labute approximate surface area is 97.9 Å². The molecule has 0 radical (unpaired) electrons. The van der Waals surface area contributed by atoms with E-state index in [9.17, 15) is 0 Å². The second-order valence-corrected chi connectivity index (χ2v) is 4.38. The highest BCUT2D eigenvalue weighted by Crippen LogP contribution is 2.12. The summed E-state index contributed by atoms with van der Waals surface area (Å²) in [5.41, 5.74) is 2.30. The molecule has 84 valence electrons. The van der Waals surface area contributed by atoms with E-state index in [1.165, 1.54) is 5.56 Å². The van der Waals surface area contributed by atoms with Gasteiger partial charge in [0.05, 0.1) is 0 Å². The maximum Gasteiger partial charge on any atom is 0.0287 e. The maximum absolute atomic E-state index is 5.50. The van der Waals surface area contributed by atoms with Gasteiger partial charge in [0.25, 0.3) is 0 Å². The minimum atomic E-state index is 0.980. The minimum Gasteiger partial charge on any atom is -0.304 e. The van der Waals surface area contributed by atoms with Crippen LogP contribution in [-0.4, -0.2) is 43.0 Å². The fraction of sp³-hybridized carbons (Fsp3) is 0.429. The van der Waals surface area contributed by atoms with Gasteiger partial charge in [0.2, 0.25) is 0 Å². The van der Waals surface area contributed by atoms with Gasteiger partial charge in [0, 0.05) is 38.3 Å². The lowest BCUT2D eigenvalue weighted by molar-refractivity contribution is 0.148. The molecular weight excluding hydrogens is 196 g/mol. The number of benzene rings is 1. The molecule has 0 bridgehead atoms. The SMILES string of the molecule is C#Cc1ccccc1CN1CCN(C)CC1. The standard InChI is InChI=1S/C14H18N2/c1-3-13-6-4-5-7-14(13)12-16-10-8-15(2)9-11-16/h1,4-7H,8-12H2,2H3. The molecule has 16 heavy (non-hydrogen) atoms. The molecule has 0 amide bonds. The van der Waals surface area contributed by atoms with Gasteiger partial charge in [-0.15, -0.1) is 6.42 Å². The van der Waals surface area contributed by atoms with Crippen molar-refractivity contribution in [2.24, 2.45) is 0 Å². The lowest BCUT2D eigenvalue weighted by atomic mass is 10.1. The van der Waals surface area contributed by atoms with Gasteiger partial charge in [-0.25, -0.2) is 0 Å². The topological polar surface area (TPSA) is 6.48 Å². The molecular formula is C14H18N2. The molecule has 0 unspecified atom stereocenters. The number of terminal acetylenes is 1. The first-order valence-electron chi connectivity index (χ1n) is 5.75. The minimum absolute atomic E-state index is 0.980. The molecule has 1 aliphatic rings. The van der Waals surface area contributed by atoms with Crippen molar-refractivity contribution in [1.82, 2.24) is 9.80 Å². The molecule has 2 nitrogen and oxygen atoms in total. The maximum atomic E-state index is 5.50. The lowest BCUT2D eigenvalue weighted by Crippen LogP contribution is -2.43. The largest absolute Gasteiger partial charge is 0.304 e. The highest BCUT2D eigenvalue weighted by Gasteiger charge is 2.14. The molecule has 0 N–H and O–H groups in total. The fourth-order valence-corrected chi connectivity index (χ4v) is 2.05. The van der Waals surface area contributed by atoms with E-state index in [2.05, 4.69) is 34.9 Å². The van der Waals surface area contributed by atoms with Crippen molar-refractivity contribution in [1.29, 1.82) is 0 Å². The van der Waals surface area contributed by atoms with Gasteiger partial charge >= 0.3 is 0 Å². The third kappa shape index (κ3) is 2.63. The van der Waals surface area contributed by atoms with Crippen LogP contribution < -0.4 is 0 Å². The number of hydrogen-bond acceptors (Lipinski definition) is 2. The van der Waals surface area contributed by atoms with Crippen LogP contribution in [0.5, 0.6) is 0 Å². The number of likely N-dealkylation sites (N-methyl/N-ethyl adjacent to an activating group) is 1. The smallest absolute Gasteiger partial charge is 0.0287 e. The summed E-state index contributed by atoms with van der Waals surface area (Å²) in [6, 6.07) is 8.22. The first-order valence-corrected chi connectivity index (χ1v) is 5.75. The van der Waals surface area contributed by atoms with Crippen LogP contribution in [0.4, 0.5) is 0 Å². The molecule has 1 saturated heterocycles. The zero-order chi connectivity index (χ0) is 11.4. The van der Waals surface area contributed by atoms with E-state index >= 15 is 0 Å². The molecule has 0 spiro atoms. The van der Waals surface area contributed by atoms with E-state index in [0.29, 0.717) is 0 Å². The first-order chi connectivity index (χ1) is 7.79. The average molecular weight is 214 g/mol. The summed E-state index contributed by atoms with van der Waals surface area (Å²) in [7, 11) is 2.17. The molecule has 2 heteroatoms. The van der Waals surface area contributed by atoms with E-state index in [-0.39, 0.29) is 0 Å². The summed E-state index contributed by atoms with van der Waals surface area (Å²) >= 11 is 0. The molecule has 0 aliphatic carbocycles. The fourth-order valence-electron chi connectivity index (χ4n) is 2.05. The number of nitrogens with zero attached hydrogens (tertiary/aromatic N) is 2. The Balaban J connectivity index is 2.01. The third-order valence-electron chi connectivity index (χ3n) is 3.16. The second-order valence-electron chi connectivity index (χ2n) is 4.38. The van der Waals surface area contributed by atoms with Crippen LogP contribution in [0.25, 0.3) is 0 Å². The highest BCUT2D eigenvalue weighted by molar-refractivity contribution is 5.39. The molecule has 1 heterocycles. The van der Waals surface area contributed by atoms with Crippen molar-refractivity contribution >= 4 is 0 Å². The first kappa shape index (κ1) is 11.2. The molecule has 1 aromatic rings. The van der Waals surface area contributed by atoms with Crippen molar-refractivity contribution < 1.29 is 0 Å². The summed E-state index contributed by atoms with van der Waals surface area (Å²) < 4.78 is 0. The molecule has 1 aromatic carbocycles. The Morgan fingerprint density at radius 1 is 1.19 bits per heavy atom. The third-order valence-corrected chi connectivity index (χ3v) is 3.16. The van der Waals surface area contributed by atoms with E-state index in [1.807, 2.05) is 12.1 Å². The Morgan fingerprint density at radius 3 is 2.56 bits per heavy atom. The molecule has 2 rings (SSSR count). The van der Waals surface area contributed by atoms with Gasteiger partial charge in [0.1, 0.15) is 0 Å². The van der Waals surface area contributed by atoms with Gasteiger partial charge in [0.15, 0.2) is 0 Å². The zero-order valence-electron chi connectivity index (χ0n) is 9.82. The van der Waals surface area contributed by atoms with E-state index in [4.69, 9.17) is 6.42 Å². The van der Waals surface area contributed by atoms with Crippen molar-refractivity contribution in [3.8, 4) is 12.3 Å². The number of rotatable bonds is 2. The van der Waals surface area contributed by atoms with Crippen molar-refractivity contribution in [3.63, 3.8) is 0 Å². The Kier molecular flexibility index (Phi) is 3.61. The molecule has 0 saturated carbocycles. The lowest BCUT2D eigenvalue weighted by Gasteiger charge is -2.32. The van der Waals surface area contributed by atoms with Crippen LogP contribution in [-0.2, 0) is 6.54 Å². The summed E-state index contributed by atoms with van der Waals surface area (Å²) in [4.78, 5) is 4.83. The second kappa shape index (κ2) is 5.16. The van der Waals surface area contributed by atoms with E-state index < -0.39 is 0 Å². The predicted molar refractivity (Wildman–Crippen MR) is 67.2 cm³/mol. The summed E-state index contributed by atoms with van der Waals surface area (Å²) in [5, 5.41) is 0. The highest BCUT2D eigenvalue weighted by atomic mass is 15.2. The van der Waals surface area contributed by atoms with Gasteiger partial charge in [-0.2, -0.15) is 0 Å². The number of hydrogen-bond donors (Lipinski definition) is 0. The summed E-state index contributed by atoms with van der Waals surface area (Å²) in [5.74, 6) is 2.76. The van der Waals surface area contributed by atoms with Crippen molar-refractivity contribution in [2.75, 3.05) is 33.2 Å². The van der Waals surface area contributed by atoms with Gasteiger partial charge in [-0.05, 0) is 18.7 Å². The van der Waals surface area contributed by atoms with E-state index in [0.717, 1.165) is 38.3 Å². The van der Waals surface area contributed by atoms with Crippen LogP contribution in [0, 0.1) is 12.3 Å². The summed E-state index contributed by atoms with van der Waals surface area (Å²) in [6.45, 7) is 5.55. The van der Waals surface area contributed by atoms with Crippen LogP contribution in [0.3, 0.4) is 0 Å². The normalized spacial score (nSPS) is 18.2. The molecule has 1 fully saturated rings. The zero-order valence-corrected chi connectivity index (χ0v) is 9.82. The average Bonchev–Trinajstić information content (AvgIpc) is 2.33. The Morgan fingerprint density at radius 2 is 1.88 bits per heavy atom. The van der Waals surface area contributed by atoms with Crippen LogP contribution in [0.1, 0.15) is 11.1 Å². The van der Waals surface area contributed by atoms with Gasteiger partial charge < -0.3 is 4.90 Å². The predicted octanol–water partition coefficient (Wildman–Crippen LogP) is 1.42. The Hall–Kier alpha value is -1.30. The molecule has 1 aliphatic heterocycles. The van der Waals surface area contributed by atoms with E-state index in [1.54, 1.807) is 0 Å². The quantitative estimate of drug-likeness (QED) is 0.687. The van der Waals surface area contributed by atoms with Crippen LogP contribution in [0.2, 0.25) is 0 Å². The summed E-state index contributed by atoms with van der Waals surface area (Å²) in [6.07, 6.45) is 5.50. The Bertz CT molecular complexity index is 384. The molecule has 0 atom stereocenters. The van der Waals surface area contributed by atoms with Gasteiger partial charge in [-0.1, -0.05) is 24.1 Å². The van der Waals surface area contributed by atoms with Crippen molar-refractivity contribution in [2.45, 2.75) is 6.54 Å². The number of piperazine rings is 1. The molecule has 0 aromatic heterocycles.